The average molecular weight is 337 g/mol. The minimum atomic E-state index is -0.611. The minimum absolute atomic E-state index is 0.0413. The van der Waals surface area contributed by atoms with Gasteiger partial charge in [-0.15, -0.1) is 0 Å². The van der Waals surface area contributed by atoms with Gasteiger partial charge in [0.15, 0.2) is 0 Å². The number of aromatic nitrogens is 1. The molecule has 5 nitrogen and oxygen atoms in total. The Morgan fingerprint density at radius 1 is 1.16 bits per heavy atom. The zero-order valence-corrected chi connectivity index (χ0v) is 14.7. The second-order valence-electron chi connectivity index (χ2n) is 6.40. The van der Waals surface area contributed by atoms with Crippen LogP contribution in [0.5, 0.6) is 0 Å². The summed E-state index contributed by atoms with van der Waals surface area (Å²) >= 11 is 0. The third-order valence-corrected chi connectivity index (χ3v) is 4.65. The van der Waals surface area contributed by atoms with Crippen molar-refractivity contribution in [1.29, 1.82) is 0 Å². The number of aryl methyl sites for hydroxylation is 1. The van der Waals surface area contributed by atoms with Crippen LogP contribution in [0.3, 0.4) is 0 Å². The van der Waals surface area contributed by atoms with Crippen molar-refractivity contribution in [2.45, 2.75) is 32.2 Å². The van der Waals surface area contributed by atoms with Gasteiger partial charge in [-0.2, -0.15) is 0 Å². The Morgan fingerprint density at radius 3 is 2.60 bits per heavy atom. The number of hydrogen-bond acceptors (Lipinski definition) is 3. The summed E-state index contributed by atoms with van der Waals surface area (Å²) < 4.78 is 0. The monoisotopic (exact) mass is 337 g/mol. The molecular formula is C20H23N3O2. The van der Waals surface area contributed by atoms with Gasteiger partial charge in [0, 0.05) is 26.2 Å². The molecule has 0 spiro atoms. The number of hydrogen-bond donors (Lipinski definition) is 0. The van der Waals surface area contributed by atoms with E-state index in [2.05, 4.69) is 4.98 Å². The van der Waals surface area contributed by atoms with Crippen molar-refractivity contribution in [1.82, 2.24) is 9.88 Å². The van der Waals surface area contributed by atoms with Gasteiger partial charge in [0.2, 0.25) is 5.91 Å². The number of likely N-dealkylation sites (N-methyl/N-ethyl adjacent to an activating group) is 1. The van der Waals surface area contributed by atoms with Gasteiger partial charge in [-0.1, -0.05) is 36.4 Å². The Balaban J connectivity index is 1.97. The number of amides is 2. The van der Waals surface area contributed by atoms with Crippen LogP contribution in [-0.4, -0.2) is 35.3 Å². The quantitative estimate of drug-likeness (QED) is 0.861. The van der Waals surface area contributed by atoms with Gasteiger partial charge in [-0.05, 0) is 37.0 Å². The second-order valence-corrected chi connectivity index (χ2v) is 6.40. The molecule has 3 rings (SSSR count). The molecule has 1 saturated heterocycles. The molecule has 1 aromatic heterocycles. The number of carbonyl (C=O) groups is 2. The van der Waals surface area contributed by atoms with Crippen LogP contribution < -0.4 is 4.90 Å². The van der Waals surface area contributed by atoms with E-state index >= 15 is 0 Å². The highest BCUT2D eigenvalue weighted by atomic mass is 16.2. The summed E-state index contributed by atoms with van der Waals surface area (Å²) in [5.41, 5.74) is 1.76. The molecule has 1 atom stereocenters. The lowest BCUT2D eigenvalue weighted by atomic mass is 10.00. The summed E-state index contributed by atoms with van der Waals surface area (Å²) in [5.74, 6) is 0.528. The molecule has 1 aromatic carbocycles. The van der Waals surface area contributed by atoms with Crippen LogP contribution in [0.25, 0.3) is 0 Å². The number of piperidine rings is 1. The molecule has 0 unspecified atom stereocenters. The predicted octanol–water partition coefficient (Wildman–Crippen LogP) is 3.11. The van der Waals surface area contributed by atoms with Crippen molar-refractivity contribution in [3.63, 3.8) is 0 Å². The van der Waals surface area contributed by atoms with E-state index in [4.69, 9.17) is 0 Å². The van der Waals surface area contributed by atoms with Crippen LogP contribution in [0.15, 0.2) is 48.7 Å². The maximum atomic E-state index is 13.3. The number of benzene rings is 1. The van der Waals surface area contributed by atoms with Crippen LogP contribution in [0.1, 0.15) is 36.4 Å². The molecule has 1 aliphatic heterocycles. The van der Waals surface area contributed by atoms with Crippen molar-refractivity contribution in [3.05, 3.63) is 59.8 Å². The average Bonchev–Trinajstić information content (AvgIpc) is 2.64. The lowest BCUT2D eigenvalue weighted by Gasteiger charge is -2.36. The van der Waals surface area contributed by atoms with E-state index in [0.717, 1.165) is 24.0 Å². The summed E-state index contributed by atoms with van der Waals surface area (Å²) in [7, 11) is 1.72. The first-order valence-corrected chi connectivity index (χ1v) is 8.63. The molecule has 2 aromatic rings. The highest BCUT2D eigenvalue weighted by Gasteiger charge is 2.35. The van der Waals surface area contributed by atoms with Crippen molar-refractivity contribution >= 4 is 17.6 Å². The van der Waals surface area contributed by atoms with E-state index in [-0.39, 0.29) is 11.8 Å². The molecule has 0 radical (unpaired) electrons. The topological polar surface area (TPSA) is 53.5 Å². The molecule has 0 saturated carbocycles. The number of carbonyl (C=O) groups excluding carboxylic acids is 2. The lowest BCUT2D eigenvalue weighted by molar-refractivity contribution is -0.141. The molecule has 25 heavy (non-hydrogen) atoms. The third-order valence-electron chi connectivity index (χ3n) is 4.65. The van der Waals surface area contributed by atoms with E-state index in [1.165, 1.54) is 0 Å². The summed E-state index contributed by atoms with van der Waals surface area (Å²) in [4.78, 5) is 33.4. The minimum Gasteiger partial charge on any atom is -0.327 e. The summed E-state index contributed by atoms with van der Waals surface area (Å²) in [6.07, 6.45) is 3.99. The molecule has 130 valence electrons. The van der Waals surface area contributed by atoms with Crippen LogP contribution in [-0.2, 0) is 9.59 Å². The number of anilines is 1. The van der Waals surface area contributed by atoms with Gasteiger partial charge in [-0.25, -0.2) is 4.98 Å². The first kappa shape index (κ1) is 17.1. The van der Waals surface area contributed by atoms with Gasteiger partial charge >= 0.3 is 0 Å². The Hall–Kier alpha value is -2.69. The first-order valence-electron chi connectivity index (χ1n) is 8.63. The van der Waals surface area contributed by atoms with E-state index in [1.807, 2.05) is 49.4 Å². The molecular weight excluding hydrogens is 314 g/mol. The van der Waals surface area contributed by atoms with Gasteiger partial charge in [0.25, 0.3) is 5.91 Å². The maximum Gasteiger partial charge on any atom is 0.255 e. The third kappa shape index (κ3) is 3.55. The fourth-order valence-corrected chi connectivity index (χ4v) is 3.31. The van der Waals surface area contributed by atoms with Crippen LogP contribution in [0, 0.1) is 6.92 Å². The highest BCUT2D eigenvalue weighted by Crippen LogP contribution is 2.29. The zero-order chi connectivity index (χ0) is 17.8. The van der Waals surface area contributed by atoms with Crippen molar-refractivity contribution in [3.8, 4) is 0 Å². The first-order chi connectivity index (χ1) is 12.1. The fraction of sp³-hybridized carbons (Fsp3) is 0.350. The molecule has 2 heterocycles. The summed E-state index contributed by atoms with van der Waals surface area (Å²) in [6, 6.07) is 12.7. The molecule has 1 aliphatic rings. The number of rotatable bonds is 4. The van der Waals surface area contributed by atoms with Gasteiger partial charge in [-0.3, -0.25) is 14.5 Å². The molecule has 2 amide bonds. The van der Waals surface area contributed by atoms with E-state index in [1.54, 1.807) is 23.0 Å². The zero-order valence-electron chi connectivity index (χ0n) is 14.7. The standard InChI is InChI=1S/C20H23N3O2/c1-15-9-8-13-21-19(15)22(2)20(25)18(16-10-4-3-5-11-16)23-14-7-6-12-17(23)24/h3-5,8-11,13,18H,6-7,12,14H2,1-2H3/t18-/m1/s1. The largest absolute Gasteiger partial charge is 0.327 e. The Bertz CT molecular complexity index is 761. The molecule has 1 fully saturated rings. The number of likely N-dealkylation sites (tertiary alicyclic amines) is 1. The predicted molar refractivity (Wildman–Crippen MR) is 97.1 cm³/mol. The second kappa shape index (κ2) is 7.47. The van der Waals surface area contributed by atoms with Crippen molar-refractivity contribution in [2.24, 2.45) is 0 Å². The molecule has 5 heteroatoms. The Morgan fingerprint density at radius 2 is 1.92 bits per heavy atom. The van der Waals surface area contributed by atoms with Gasteiger partial charge in [0.1, 0.15) is 11.9 Å². The maximum absolute atomic E-state index is 13.3. The van der Waals surface area contributed by atoms with E-state index in [9.17, 15) is 9.59 Å². The smallest absolute Gasteiger partial charge is 0.255 e. The van der Waals surface area contributed by atoms with E-state index < -0.39 is 6.04 Å². The van der Waals surface area contributed by atoms with Gasteiger partial charge in [0.05, 0.1) is 0 Å². The Kier molecular flexibility index (Phi) is 5.12. The summed E-state index contributed by atoms with van der Waals surface area (Å²) in [6.45, 7) is 2.54. The molecule has 0 N–H and O–H groups in total. The lowest BCUT2D eigenvalue weighted by Crippen LogP contribution is -2.46. The molecule has 0 bridgehead atoms. The Labute approximate surface area is 148 Å². The van der Waals surface area contributed by atoms with Crippen LogP contribution in [0.4, 0.5) is 5.82 Å². The summed E-state index contributed by atoms with van der Waals surface area (Å²) in [5, 5.41) is 0. The van der Waals surface area contributed by atoms with E-state index in [0.29, 0.717) is 18.8 Å². The SMILES string of the molecule is Cc1cccnc1N(C)C(=O)[C@@H](c1ccccc1)N1CCCCC1=O. The number of nitrogens with zero attached hydrogens (tertiary/aromatic N) is 3. The van der Waals surface area contributed by atoms with Gasteiger partial charge < -0.3 is 4.90 Å². The highest BCUT2D eigenvalue weighted by molar-refractivity contribution is 5.99. The fourth-order valence-electron chi connectivity index (χ4n) is 3.31. The molecule has 0 aliphatic carbocycles. The normalized spacial score (nSPS) is 15.8. The van der Waals surface area contributed by atoms with Crippen molar-refractivity contribution < 1.29 is 9.59 Å². The van der Waals surface area contributed by atoms with Crippen LogP contribution >= 0.6 is 0 Å². The number of pyridine rings is 1. The van der Waals surface area contributed by atoms with Crippen LogP contribution in [0.2, 0.25) is 0 Å². The van der Waals surface area contributed by atoms with Crippen molar-refractivity contribution in [2.75, 3.05) is 18.5 Å².